The molecule has 0 saturated carbocycles. The van der Waals surface area contributed by atoms with E-state index in [0.717, 1.165) is 12.1 Å². The molecule has 6 nitrogen and oxygen atoms in total. The number of carbonyl (C=O) groups excluding carboxylic acids is 2. The molecule has 0 aliphatic rings. The van der Waals surface area contributed by atoms with Gasteiger partial charge in [-0.2, -0.15) is 0 Å². The van der Waals surface area contributed by atoms with E-state index in [4.69, 9.17) is 4.74 Å². The molecule has 0 aliphatic heterocycles. The van der Waals surface area contributed by atoms with Gasteiger partial charge < -0.3 is 10.1 Å². The van der Waals surface area contributed by atoms with Crippen LogP contribution in [0.4, 0.5) is 4.79 Å². The van der Waals surface area contributed by atoms with E-state index in [-0.39, 0.29) is 19.1 Å². The number of nitrogens with one attached hydrogen (secondary N) is 1. The Morgan fingerprint density at radius 2 is 1.76 bits per heavy atom. The number of nitrogens with zero attached hydrogens (tertiary/aromatic N) is 1. The van der Waals surface area contributed by atoms with E-state index in [1.807, 2.05) is 27.7 Å². The molecule has 1 rings (SSSR count). The first-order valence-corrected chi connectivity index (χ1v) is 10.4. The number of oxime groups is 1. The first-order chi connectivity index (χ1) is 13.7. The summed E-state index contributed by atoms with van der Waals surface area (Å²) in [5, 5.41) is 6.05. The van der Waals surface area contributed by atoms with Gasteiger partial charge in [-0.3, -0.25) is 9.63 Å². The molecule has 0 radical (unpaired) electrons. The molecule has 1 aromatic carbocycles. The van der Waals surface area contributed by atoms with E-state index in [9.17, 15) is 9.59 Å². The molecule has 0 fully saturated rings. The molecule has 1 atom stereocenters. The lowest BCUT2D eigenvalue weighted by Crippen LogP contribution is -2.31. The Labute approximate surface area is 176 Å². The first kappa shape index (κ1) is 26.6. The molecule has 1 unspecified atom stereocenters. The lowest BCUT2D eigenvalue weighted by molar-refractivity contribution is -0.153. The normalized spacial score (nSPS) is 12.3. The van der Waals surface area contributed by atoms with Crippen LogP contribution in [-0.4, -0.2) is 30.9 Å². The van der Waals surface area contributed by atoms with Crippen LogP contribution in [0.3, 0.4) is 0 Å². The number of benzene rings is 1. The average Bonchev–Trinajstić information content (AvgIpc) is 2.75. The summed E-state index contributed by atoms with van der Waals surface area (Å²) in [6.45, 7) is 14.0. The smallest absolute Gasteiger partial charge is 0.433 e. The van der Waals surface area contributed by atoms with Gasteiger partial charge in [-0.1, -0.05) is 63.2 Å². The molecular weight excluding hydrogens is 368 g/mol. The number of carbonyl (C=O) groups is 2. The van der Waals surface area contributed by atoms with Gasteiger partial charge in [0, 0.05) is 0 Å². The lowest BCUT2D eigenvalue weighted by atomic mass is 9.91. The van der Waals surface area contributed by atoms with E-state index >= 15 is 0 Å². The summed E-state index contributed by atoms with van der Waals surface area (Å²) in [6, 6.07) is 10.6. The number of esters is 1. The minimum absolute atomic E-state index is 0.119. The van der Waals surface area contributed by atoms with Gasteiger partial charge in [-0.25, -0.2) is 4.79 Å². The predicted molar refractivity (Wildman–Crippen MR) is 118 cm³/mol. The third-order valence-corrected chi connectivity index (χ3v) is 4.82. The van der Waals surface area contributed by atoms with Gasteiger partial charge in [0.2, 0.25) is 0 Å². The van der Waals surface area contributed by atoms with E-state index in [2.05, 4.69) is 59.5 Å². The molecule has 1 amide bonds. The summed E-state index contributed by atoms with van der Waals surface area (Å²) in [6.07, 6.45) is 1.99. The Hall–Kier alpha value is -2.37. The molecule has 6 heteroatoms. The molecule has 29 heavy (non-hydrogen) atoms. The summed E-state index contributed by atoms with van der Waals surface area (Å²) < 4.78 is 5.05. The van der Waals surface area contributed by atoms with Gasteiger partial charge in [-0.05, 0) is 51.5 Å². The summed E-state index contributed by atoms with van der Waals surface area (Å²) in [5.74, 6) is 0.436. The Bertz CT molecular complexity index is 627. The largest absolute Gasteiger partial charge is 0.463 e. The van der Waals surface area contributed by atoms with E-state index in [1.54, 1.807) is 6.92 Å². The van der Waals surface area contributed by atoms with Crippen molar-refractivity contribution in [3.63, 3.8) is 0 Å². The number of amides is 1. The highest BCUT2D eigenvalue weighted by Gasteiger charge is 2.26. The van der Waals surface area contributed by atoms with Crippen LogP contribution in [-0.2, 0) is 14.4 Å². The molecule has 164 valence electrons. The summed E-state index contributed by atoms with van der Waals surface area (Å²) in [4.78, 5) is 27.4. The van der Waals surface area contributed by atoms with Crippen LogP contribution in [0, 0.1) is 5.41 Å². The monoisotopic (exact) mass is 406 g/mol. The van der Waals surface area contributed by atoms with Crippen LogP contribution >= 0.6 is 0 Å². The van der Waals surface area contributed by atoms with Crippen LogP contribution in [0.5, 0.6) is 0 Å². The topological polar surface area (TPSA) is 77.0 Å². The minimum Gasteiger partial charge on any atom is -0.463 e. The van der Waals surface area contributed by atoms with Crippen molar-refractivity contribution in [1.29, 1.82) is 0 Å². The van der Waals surface area contributed by atoms with Crippen LogP contribution in [0.15, 0.2) is 35.5 Å². The highest BCUT2D eigenvalue weighted by Crippen LogP contribution is 2.21. The number of hydrogen-bond acceptors (Lipinski definition) is 5. The Morgan fingerprint density at radius 1 is 1.14 bits per heavy atom. The minimum atomic E-state index is -0.654. The van der Waals surface area contributed by atoms with E-state index in [1.165, 1.54) is 12.0 Å². The zero-order valence-corrected chi connectivity index (χ0v) is 19.1. The second-order valence-electron chi connectivity index (χ2n) is 7.58. The Balaban J connectivity index is 0.000000651. The maximum absolute atomic E-state index is 11.6. The quantitative estimate of drug-likeness (QED) is 0.188. The number of hydrogen-bond donors (Lipinski definition) is 1. The summed E-state index contributed by atoms with van der Waals surface area (Å²) in [7, 11) is 0. The average molecular weight is 407 g/mol. The van der Waals surface area contributed by atoms with Crippen molar-refractivity contribution in [1.82, 2.24) is 5.32 Å². The zero-order chi connectivity index (χ0) is 22.3. The Morgan fingerprint density at radius 3 is 2.28 bits per heavy atom. The van der Waals surface area contributed by atoms with Crippen molar-refractivity contribution in [2.75, 3.05) is 13.2 Å². The highest BCUT2D eigenvalue weighted by atomic mass is 16.7. The second-order valence-corrected chi connectivity index (χ2v) is 7.58. The van der Waals surface area contributed by atoms with Crippen molar-refractivity contribution < 1.29 is 19.2 Å². The van der Waals surface area contributed by atoms with Crippen molar-refractivity contribution in [3.05, 3.63) is 35.9 Å². The van der Waals surface area contributed by atoms with Crippen LogP contribution in [0.25, 0.3) is 0 Å². The van der Waals surface area contributed by atoms with Crippen molar-refractivity contribution in [2.45, 2.75) is 73.6 Å². The van der Waals surface area contributed by atoms with Crippen LogP contribution in [0.2, 0.25) is 0 Å². The fourth-order valence-electron chi connectivity index (χ4n) is 1.87. The second kappa shape index (κ2) is 14.6. The zero-order valence-electron chi connectivity index (χ0n) is 19.1. The standard InChI is InChI=1S/C13H24N2O4.C10H14/c1-6-10(3)15-19-12(17)14-8-9-18-11(16)13(4,5)7-2;1-3-9(2)10-7-5-4-6-8-10/h6-9H2,1-5H3,(H,14,17);4-9H,3H2,1-2H3. The molecule has 0 saturated heterocycles. The van der Waals surface area contributed by atoms with Gasteiger partial charge in [0.25, 0.3) is 0 Å². The summed E-state index contributed by atoms with van der Waals surface area (Å²) in [5.41, 5.74) is 1.68. The highest BCUT2D eigenvalue weighted by molar-refractivity contribution is 5.81. The van der Waals surface area contributed by atoms with E-state index < -0.39 is 11.5 Å². The molecule has 0 aromatic heterocycles. The molecule has 0 heterocycles. The summed E-state index contributed by atoms with van der Waals surface area (Å²) >= 11 is 0. The molecular formula is C23H38N2O4. The first-order valence-electron chi connectivity index (χ1n) is 10.4. The lowest BCUT2D eigenvalue weighted by Gasteiger charge is -2.20. The fourth-order valence-corrected chi connectivity index (χ4v) is 1.87. The number of ether oxygens (including phenoxy) is 1. The van der Waals surface area contributed by atoms with Crippen LogP contribution < -0.4 is 5.32 Å². The third-order valence-electron chi connectivity index (χ3n) is 4.82. The maximum Gasteiger partial charge on any atom is 0.433 e. The van der Waals surface area contributed by atoms with E-state index in [0.29, 0.717) is 12.3 Å². The fraction of sp³-hybridized carbons (Fsp3) is 0.609. The van der Waals surface area contributed by atoms with Crippen LogP contribution in [0.1, 0.15) is 79.2 Å². The van der Waals surface area contributed by atoms with Crippen molar-refractivity contribution in [2.24, 2.45) is 10.6 Å². The predicted octanol–water partition coefficient (Wildman–Crippen LogP) is 5.68. The van der Waals surface area contributed by atoms with Gasteiger partial charge in [-0.15, -0.1) is 0 Å². The SMILES string of the molecule is CCC(C)=NOC(=O)NCCOC(=O)C(C)(C)CC.CCC(C)c1ccccc1. The van der Waals surface area contributed by atoms with Crippen molar-refractivity contribution >= 4 is 17.8 Å². The molecule has 0 spiro atoms. The molecule has 0 bridgehead atoms. The van der Waals surface area contributed by atoms with Crippen molar-refractivity contribution in [3.8, 4) is 0 Å². The van der Waals surface area contributed by atoms with Gasteiger partial charge in [0.15, 0.2) is 0 Å². The third kappa shape index (κ3) is 11.9. The molecule has 0 aliphatic carbocycles. The molecule has 1 aromatic rings. The van der Waals surface area contributed by atoms with Gasteiger partial charge in [0.05, 0.1) is 17.7 Å². The van der Waals surface area contributed by atoms with Gasteiger partial charge >= 0.3 is 12.1 Å². The Kier molecular flexibility index (Phi) is 13.4. The number of rotatable bonds is 9. The maximum atomic E-state index is 11.6. The van der Waals surface area contributed by atoms with Gasteiger partial charge in [0.1, 0.15) is 6.61 Å². The molecule has 1 N–H and O–H groups in total.